The first kappa shape index (κ1) is 27.5. The molecular formula is C28H35Cl2NO4. The molecule has 2 aromatic carbocycles. The van der Waals surface area contributed by atoms with E-state index in [0.717, 1.165) is 30.4 Å². The molecule has 0 heterocycles. The summed E-state index contributed by atoms with van der Waals surface area (Å²) in [6, 6.07) is 14.1. The molecule has 0 aliphatic heterocycles. The van der Waals surface area contributed by atoms with Crippen LogP contribution in [-0.4, -0.2) is 39.6 Å². The Morgan fingerprint density at radius 1 is 1.11 bits per heavy atom. The lowest BCUT2D eigenvalue weighted by Gasteiger charge is -2.43. The van der Waals surface area contributed by atoms with Crippen LogP contribution in [0.1, 0.15) is 76.0 Å². The number of nitrogens with zero attached hydrogens (tertiary/aromatic N) is 1. The third kappa shape index (κ3) is 7.22. The van der Waals surface area contributed by atoms with E-state index in [9.17, 15) is 19.8 Å². The number of carbonyl (C=O) groups excluding carboxylic acids is 1. The topological polar surface area (TPSA) is 77.8 Å². The van der Waals surface area contributed by atoms with Gasteiger partial charge in [-0.1, -0.05) is 68.2 Å². The van der Waals surface area contributed by atoms with Gasteiger partial charge in [0, 0.05) is 16.0 Å². The van der Waals surface area contributed by atoms with Gasteiger partial charge in [0.25, 0.3) is 0 Å². The molecule has 35 heavy (non-hydrogen) atoms. The van der Waals surface area contributed by atoms with Gasteiger partial charge in [0.15, 0.2) is 0 Å². The van der Waals surface area contributed by atoms with Crippen molar-refractivity contribution in [2.75, 3.05) is 0 Å². The van der Waals surface area contributed by atoms with Crippen LogP contribution in [0.25, 0.3) is 0 Å². The van der Waals surface area contributed by atoms with E-state index in [0.29, 0.717) is 22.9 Å². The summed E-state index contributed by atoms with van der Waals surface area (Å²) in [6.07, 6.45) is 3.21. The number of amides is 1. The predicted molar refractivity (Wildman–Crippen MR) is 140 cm³/mol. The molecule has 0 aromatic heterocycles. The number of aliphatic carboxylic acids is 1. The number of rotatable bonds is 13. The highest BCUT2D eigenvalue weighted by molar-refractivity contribution is 6.30. The number of hydrogen-bond donors (Lipinski definition) is 2. The Labute approximate surface area is 218 Å². The minimum absolute atomic E-state index is 0.0135. The fourth-order valence-corrected chi connectivity index (χ4v) is 5.55. The Hall–Kier alpha value is -2.08. The molecule has 0 unspecified atom stereocenters. The molecule has 1 fully saturated rings. The van der Waals surface area contributed by atoms with Crippen LogP contribution in [0, 0.1) is 11.3 Å². The number of aliphatic hydroxyl groups excluding tert-OH is 1. The van der Waals surface area contributed by atoms with Crippen molar-refractivity contribution in [3.8, 4) is 0 Å². The zero-order valence-corrected chi connectivity index (χ0v) is 22.0. The number of halogens is 2. The van der Waals surface area contributed by atoms with Crippen molar-refractivity contribution in [1.82, 2.24) is 4.90 Å². The summed E-state index contributed by atoms with van der Waals surface area (Å²) < 4.78 is 0. The standard InChI is InChI=1S/C28H35Cl2NO4/c1-4-24(27(35)19-8-9-19)31(17-32)26(18-10-12-21(29)13-11-18)23(15-28(2,3)16-25(33)34)20-6-5-7-22(30)14-20/h5-7,10-14,17,19,23-24,26-27,35H,4,8-9,15-16H2,1-3H3,(H,33,34)/t23-,24+,26-,27+/m1/s1. The molecule has 1 aliphatic carbocycles. The van der Waals surface area contributed by atoms with Crippen molar-refractivity contribution in [3.05, 3.63) is 69.7 Å². The second-order valence-corrected chi connectivity index (χ2v) is 11.3. The smallest absolute Gasteiger partial charge is 0.303 e. The summed E-state index contributed by atoms with van der Waals surface area (Å²) in [4.78, 5) is 26.1. The predicted octanol–water partition coefficient (Wildman–Crippen LogP) is 6.72. The molecule has 0 bridgehead atoms. The molecule has 1 amide bonds. The van der Waals surface area contributed by atoms with Gasteiger partial charge in [-0.25, -0.2) is 0 Å². The summed E-state index contributed by atoms with van der Waals surface area (Å²) in [7, 11) is 0. The summed E-state index contributed by atoms with van der Waals surface area (Å²) in [6.45, 7) is 5.84. The van der Waals surface area contributed by atoms with Gasteiger partial charge >= 0.3 is 5.97 Å². The zero-order valence-electron chi connectivity index (χ0n) is 20.5. The van der Waals surface area contributed by atoms with Gasteiger partial charge in [0.1, 0.15) is 0 Å². The SMILES string of the molecule is CC[C@@H]([C@@H](O)C1CC1)N(C=O)[C@H](c1ccc(Cl)cc1)[C@H](CC(C)(C)CC(=O)O)c1cccc(Cl)c1. The maximum Gasteiger partial charge on any atom is 0.303 e. The largest absolute Gasteiger partial charge is 0.481 e. The van der Waals surface area contributed by atoms with E-state index in [1.807, 2.05) is 51.1 Å². The number of benzene rings is 2. The Bertz CT molecular complexity index is 1010. The van der Waals surface area contributed by atoms with Crippen LogP contribution >= 0.6 is 23.2 Å². The number of carboxylic acid groups (broad SMARTS) is 1. The molecule has 0 spiro atoms. The van der Waals surface area contributed by atoms with E-state index in [4.69, 9.17) is 23.2 Å². The third-order valence-corrected chi connectivity index (χ3v) is 7.50. The van der Waals surface area contributed by atoms with Gasteiger partial charge in [-0.2, -0.15) is 0 Å². The molecule has 2 aromatic rings. The average Bonchev–Trinajstić information content (AvgIpc) is 3.63. The van der Waals surface area contributed by atoms with E-state index >= 15 is 0 Å². The van der Waals surface area contributed by atoms with Crippen LogP contribution in [0.15, 0.2) is 48.5 Å². The maximum absolute atomic E-state index is 12.7. The van der Waals surface area contributed by atoms with Crippen LogP contribution in [0.2, 0.25) is 10.0 Å². The molecule has 3 rings (SSSR count). The van der Waals surface area contributed by atoms with Gasteiger partial charge < -0.3 is 15.1 Å². The quantitative estimate of drug-likeness (QED) is 0.288. The van der Waals surface area contributed by atoms with E-state index in [-0.39, 0.29) is 24.3 Å². The lowest BCUT2D eigenvalue weighted by atomic mass is 9.73. The normalized spacial score (nSPS) is 17.3. The molecule has 0 saturated heterocycles. The Morgan fingerprint density at radius 3 is 2.29 bits per heavy atom. The fraction of sp³-hybridized carbons (Fsp3) is 0.500. The molecule has 1 aliphatic rings. The number of aliphatic hydroxyl groups is 1. The molecule has 1 saturated carbocycles. The first-order valence-electron chi connectivity index (χ1n) is 12.2. The van der Waals surface area contributed by atoms with Crippen LogP contribution in [-0.2, 0) is 9.59 Å². The molecule has 7 heteroatoms. The summed E-state index contributed by atoms with van der Waals surface area (Å²) in [5, 5.41) is 21.8. The summed E-state index contributed by atoms with van der Waals surface area (Å²) >= 11 is 12.6. The second-order valence-electron chi connectivity index (χ2n) is 10.5. The van der Waals surface area contributed by atoms with Crippen molar-refractivity contribution in [2.24, 2.45) is 11.3 Å². The first-order valence-corrected chi connectivity index (χ1v) is 13.0. The lowest BCUT2D eigenvalue weighted by molar-refractivity contribution is -0.139. The Balaban J connectivity index is 2.17. The van der Waals surface area contributed by atoms with E-state index in [2.05, 4.69) is 0 Å². The van der Waals surface area contributed by atoms with Gasteiger partial charge in [0.05, 0.1) is 24.6 Å². The van der Waals surface area contributed by atoms with E-state index in [1.54, 1.807) is 23.1 Å². The fourth-order valence-electron chi connectivity index (χ4n) is 5.23. The highest BCUT2D eigenvalue weighted by Gasteiger charge is 2.42. The summed E-state index contributed by atoms with van der Waals surface area (Å²) in [5.41, 5.74) is 1.23. The highest BCUT2D eigenvalue weighted by Crippen LogP contribution is 2.47. The van der Waals surface area contributed by atoms with Crippen molar-refractivity contribution in [2.45, 2.75) is 77.0 Å². The van der Waals surface area contributed by atoms with E-state index in [1.165, 1.54) is 0 Å². The third-order valence-electron chi connectivity index (χ3n) is 7.02. The summed E-state index contributed by atoms with van der Waals surface area (Å²) in [5.74, 6) is -0.943. The molecule has 4 atom stereocenters. The number of hydrogen-bond acceptors (Lipinski definition) is 3. The minimum Gasteiger partial charge on any atom is -0.481 e. The average molecular weight is 520 g/mol. The maximum atomic E-state index is 12.7. The molecule has 190 valence electrons. The number of carbonyl (C=O) groups is 2. The van der Waals surface area contributed by atoms with Crippen LogP contribution in [0.5, 0.6) is 0 Å². The van der Waals surface area contributed by atoms with Gasteiger partial charge in [0.2, 0.25) is 6.41 Å². The van der Waals surface area contributed by atoms with Gasteiger partial charge in [-0.15, -0.1) is 0 Å². The van der Waals surface area contributed by atoms with Crippen LogP contribution in [0.3, 0.4) is 0 Å². The molecule has 5 nitrogen and oxygen atoms in total. The molecule has 0 radical (unpaired) electrons. The molecular weight excluding hydrogens is 485 g/mol. The highest BCUT2D eigenvalue weighted by atomic mass is 35.5. The zero-order chi connectivity index (χ0) is 25.8. The Morgan fingerprint density at radius 2 is 1.77 bits per heavy atom. The second kappa shape index (κ2) is 11.8. The van der Waals surface area contributed by atoms with Crippen molar-refractivity contribution < 1.29 is 19.8 Å². The van der Waals surface area contributed by atoms with Crippen molar-refractivity contribution in [1.29, 1.82) is 0 Å². The van der Waals surface area contributed by atoms with Crippen molar-refractivity contribution >= 4 is 35.6 Å². The monoisotopic (exact) mass is 519 g/mol. The Kier molecular flexibility index (Phi) is 9.25. The van der Waals surface area contributed by atoms with Crippen molar-refractivity contribution in [3.63, 3.8) is 0 Å². The minimum atomic E-state index is -0.870. The first-order chi connectivity index (χ1) is 16.6. The number of carboxylic acids is 1. The molecule has 2 N–H and O–H groups in total. The van der Waals surface area contributed by atoms with Gasteiger partial charge in [-0.3, -0.25) is 9.59 Å². The lowest BCUT2D eigenvalue weighted by Crippen LogP contribution is -2.47. The van der Waals surface area contributed by atoms with Gasteiger partial charge in [-0.05, 0) is 72.4 Å². The van der Waals surface area contributed by atoms with Crippen LogP contribution in [0.4, 0.5) is 0 Å². The van der Waals surface area contributed by atoms with Crippen LogP contribution < -0.4 is 0 Å². The van der Waals surface area contributed by atoms with E-state index < -0.39 is 23.5 Å².